The van der Waals surface area contributed by atoms with Gasteiger partial charge in [-0.3, -0.25) is 9.59 Å². The largest absolute Gasteiger partial charge is 0.483 e. The van der Waals surface area contributed by atoms with Gasteiger partial charge in [-0.15, -0.1) is 0 Å². The molecule has 0 aliphatic heterocycles. The standard InChI is InChI=1S/C21H25FN2O3/c1-14-9-10-19(15(2)11-14)27-13-20(25)24(16(3)21(26)23-4)12-17-7-5-6-8-18(17)22/h5-11,16H,12-13H2,1-4H3,(H,23,26)/t16-/m0/s1. The lowest BCUT2D eigenvalue weighted by atomic mass is 10.1. The van der Waals surface area contributed by atoms with E-state index in [9.17, 15) is 14.0 Å². The van der Waals surface area contributed by atoms with Crippen molar-refractivity contribution in [2.75, 3.05) is 13.7 Å². The van der Waals surface area contributed by atoms with Crippen molar-refractivity contribution < 1.29 is 18.7 Å². The summed E-state index contributed by atoms with van der Waals surface area (Å²) in [6, 6.07) is 11.1. The van der Waals surface area contributed by atoms with Gasteiger partial charge in [-0.25, -0.2) is 4.39 Å². The van der Waals surface area contributed by atoms with Crippen molar-refractivity contribution in [1.82, 2.24) is 10.2 Å². The fourth-order valence-corrected chi connectivity index (χ4v) is 2.79. The highest BCUT2D eigenvalue weighted by Crippen LogP contribution is 2.19. The Morgan fingerprint density at radius 1 is 1.19 bits per heavy atom. The average molecular weight is 372 g/mol. The van der Waals surface area contributed by atoms with Crippen LogP contribution < -0.4 is 10.1 Å². The number of carbonyl (C=O) groups excluding carboxylic acids is 2. The molecule has 0 aliphatic rings. The zero-order valence-electron chi connectivity index (χ0n) is 16.1. The highest BCUT2D eigenvalue weighted by Gasteiger charge is 2.26. The van der Waals surface area contributed by atoms with E-state index < -0.39 is 17.8 Å². The van der Waals surface area contributed by atoms with Gasteiger partial charge < -0.3 is 15.0 Å². The first-order valence-electron chi connectivity index (χ1n) is 8.78. The normalized spacial score (nSPS) is 11.6. The number of amides is 2. The summed E-state index contributed by atoms with van der Waals surface area (Å²) in [6.07, 6.45) is 0. The fraction of sp³-hybridized carbons (Fsp3) is 0.333. The summed E-state index contributed by atoms with van der Waals surface area (Å²) in [7, 11) is 1.50. The van der Waals surface area contributed by atoms with E-state index in [4.69, 9.17) is 4.74 Å². The Kier molecular flexibility index (Phi) is 6.93. The number of carbonyl (C=O) groups is 2. The zero-order valence-corrected chi connectivity index (χ0v) is 16.1. The SMILES string of the molecule is CNC(=O)[C@H](C)N(Cc1ccccc1F)C(=O)COc1ccc(C)cc1C. The van der Waals surface area contributed by atoms with Crippen LogP contribution in [0.25, 0.3) is 0 Å². The van der Waals surface area contributed by atoms with Gasteiger partial charge >= 0.3 is 0 Å². The van der Waals surface area contributed by atoms with Gasteiger partial charge in [0.25, 0.3) is 5.91 Å². The molecule has 0 unspecified atom stereocenters. The molecule has 0 saturated heterocycles. The topological polar surface area (TPSA) is 58.6 Å². The molecule has 0 spiro atoms. The smallest absolute Gasteiger partial charge is 0.261 e. The zero-order chi connectivity index (χ0) is 20.0. The third-order valence-corrected chi connectivity index (χ3v) is 4.39. The Bertz CT molecular complexity index is 823. The van der Waals surface area contributed by atoms with Gasteiger partial charge in [0.1, 0.15) is 17.6 Å². The Hall–Kier alpha value is -2.89. The summed E-state index contributed by atoms with van der Waals surface area (Å²) < 4.78 is 19.7. The lowest BCUT2D eigenvalue weighted by molar-refractivity contribution is -0.142. The van der Waals surface area contributed by atoms with Crippen LogP contribution in [0.4, 0.5) is 4.39 Å². The molecule has 0 fully saturated rings. The van der Waals surface area contributed by atoms with E-state index >= 15 is 0 Å². The maximum atomic E-state index is 14.0. The van der Waals surface area contributed by atoms with Crippen LogP contribution in [0, 0.1) is 19.7 Å². The number of nitrogens with one attached hydrogen (secondary N) is 1. The van der Waals surface area contributed by atoms with Gasteiger partial charge in [0.15, 0.2) is 6.61 Å². The summed E-state index contributed by atoms with van der Waals surface area (Å²) in [5, 5.41) is 2.52. The van der Waals surface area contributed by atoms with Crippen molar-refractivity contribution in [3.05, 3.63) is 65.0 Å². The van der Waals surface area contributed by atoms with Crippen LogP contribution in [0.5, 0.6) is 5.75 Å². The molecule has 0 heterocycles. The van der Waals surface area contributed by atoms with Gasteiger partial charge in [0.2, 0.25) is 5.91 Å². The minimum absolute atomic E-state index is 0.0175. The lowest BCUT2D eigenvalue weighted by Crippen LogP contribution is -2.48. The second-order valence-electron chi connectivity index (χ2n) is 6.46. The number of ether oxygens (including phenoxy) is 1. The van der Waals surface area contributed by atoms with Crippen molar-refractivity contribution >= 4 is 11.8 Å². The lowest BCUT2D eigenvalue weighted by Gasteiger charge is -2.28. The van der Waals surface area contributed by atoms with Crippen LogP contribution >= 0.6 is 0 Å². The quantitative estimate of drug-likeness (QED) is 0.813. The molecule has 2 rings (SSSR count). The van der Waals surface area contributed by atoms with E-state index in [1.807, 2.05) is 26.0 Å². The molecule has 0 saturated carbocycles. The van der Waals surface area contributed by atoms with Gasteiger partial charge in [0, 0.05) is 19.2 Å². The fourth-order valence-electron chi connectivity index (χ4n) is 2.79. The van der Waals surface area contributed by atoms with Crippen LogP contribution in [0.15, 0.2) is 42.5 Å². The molecule has 2 aromatic carbocycles. The summed E-state index contributed by atoms with van der Waals surface area (Å²) in [5.41, 5.74) is 2.36. The molecule has 0 aromatic heterocycles. The third-order valence-electron chi connectivity index (χ3n) is 4.39. The van der Waals surface area contributed by atoms with Gasteiger partial charge in [-0.2, -0.15) is 0 Å². The number of aryl methyl sites for hydroxylation is 2. The van der Waals surface area contributed by atoms with Crippen molar-refractivity contribution in [1.29, 1.82) is 0 Å². The monoisotopic (exact) mass is 372 g/mol. The van der Waals surface area contributed by atoms with E-state index in [2.05, 4.69) is 5.32 Å². The second kappa shape index (κ2) is 9.16. The third kappa shape index (κ3) is 5.29. The number of hydrogen-bond donors (Lipinski definition) is 1. The van der Waals surface area contributed by atoms with Gasteiger partial charge in [-0.05, 0) is 38.5 Å². The van der Waals surface area contributed by atoms with Crippen molar-refractivity contribution in [2.45, 2.75) is 33.4 Å². The molecule has 0 radical (unpaired) electrons. The predicted molar refractivity (Wildman–Crippen MR) is 102 cm³/mol. The van der Waals surface area contributed by atoms with E-state index in [0.29, 0.717) is 11.3 Å². The summed E-state index contributed by atoms with van der Waals surface area (Å²) in [5.74, 6) is -0.539. The van der Waals surface area contributed by atoms with E-state index in [0.717, 1.165) is 11.1 Å². The Morgan fingerprint density at radius 3 is 2.52 bits per heavy atom. The summed E-state index contributed by atoms with van der Waals surface area (Å²) >= 11 is 0. The molecule has 5 nitrogen and oxygen atoms in total. The number of halogens is 1. The van der Waals surface area contributed by atoms with E-state index in [1.165, 1.54) is 18.0 Å². The van der Waals surface area contributed by atoms with Crippen LogP contribution in [0.3, 0.4) is 0 Å². The van der Waals surface area contributed by atoms with E-state index in [-0.39, 0.29) is 19.1 Å². The van der Waals surface area contributed by atoms with Crippen molar-refractivity contribution in [3.8, 4) is 5.75 Å². The Balaban J connectivity index is 2.17. The number of benzene rings is 2. The molecule has 0 bridgehead atoms. The number of nitrogens with zero attached hydrogens (tertiary/aromatic N) is 1. The second-order valence-corrected chi connectivity index (χ2v) is 6.46. The molecule has 1 N–H and O–H groups in total. The summed E-state index contributed by atoms with van der Waals surface area (Å²) in [6.45, 7) is 5.23. The average Bonchev–Trinajstić information content (AvgIpc) is 2.65. The Morgan fingerprint density at radius 2 is 1.89 bits per heavy atom. The highest BCUT2D eigenvalue weighted by molar-refractivity contribution is 5.87. The molecule has 6 heteroatoms. The van der Waals surface area contributed by atoms with Crippen molar-refractivity contribution in [2.24, 2.45) is 0 Å². The number of rotatable bonds is 7. The first-order chi connectivity index (χ1) is 12.8. The molecule has 27 heavy (non-hydrogen) atoms. The minimum atomic E-state index is -0.759. The number of likely N-dealkylation sites (N-methyl/N-ethyl adjacent to an activating group) is 1. The Labute approximate surface area is 159 Å². The molecule has 2 amide bonds. The van der Waals surface area contributed by atoms with Crippen molar-refractivity contribution in [3.63, 3.8) is 0 Å². The van der Waals surface area contributed by atoms with Gasteiger partial charge in [0.05, 0.1) is 0 Å². The summed E-state index contributed by atoms with van der Waals surface area (Å²) in [4.78, 5) is 26.2. The van der Waals surface area contributed by atoms with Crippen LogP contribution in [-0.4, -0.2) is 36.4 Å². The van der Waals surface area contributed by atoms with E-state index in [1.54, 1.807) is 31.2 Å². The van der Waals surface area contributed by atoms with Crippen LogP contribution in [0.1, 0.15) is 23.6 Å². The number of hydrogen-bond acceptors (Lipinski definition) is 3. The molecular formula is C21H25FN2O3. The molecule has 0 aliphatic carbocycles. The van der Waals surface area contributed by atoms with Gasteiger partial charge in [-0.1, -0.05) is 35.9 Å². The molecular weight excluding hydrogens is 347 g/mol. The maximum absolute atomic E-state index is 14.0. The molecule has 144 valence electrons. The van der Waals surface area contributed by atoms with Crippen LogP contribution in [0.2, 0.25) is 0 Å². The minimum Gasteiger partial charge on any atom is -0.483 e. The molecule has 2 aromatic rings. The predicted octanol–water partition coefficient (Wildman–Crippen LogP) is 2.98. The first-order valence-corrected chi connectivity index (χ1v) is 8.78. The molecule has 1 atom stereocenters. The van der Waals surface area contributed by atoms with Crippen LogP contribution in [-0.2, 0) is 16.1 Å². The highest BCUT2D eigenvalue weighted by atomic mass is 19.1. The maximum Gasteiger partial charge on any atom is 0.261 e. The first kappa shape index (κ1) is 20.4.